The van der Waals surface area contributed by atoms with Crippen LogP contribution >= 0.6 is 0 Å². The summed E-state index contributed by atoms with van der Waals surface area (Å²) in [6, 6.07) is 5.72. The summed E-state index contributed by atoms with van der Waals surface area (Å²) in [5, 5.41) is 15.8. The van der Waals surface area contributed by atoms with Crippen molar-refractivity contribution in [3.8, 4) is 0 Å². The lowest BCUT2D eigenvalue weighted by Gasteiger charge is -2.08. The van der Waals surface area contributed by atoms with Crippen LogP contribution in [0.2, 0.25) is 0 Å². The average Bonchev–Trinajstić information content (AvgIpc) is 3.12. The number of fused-ring (bicyclic) bond motifs is 1. The molecule has 0 radical (unpaired) electrons. The number of rotatable bonds is 7. The van der Waals surface area contributed by atoms with Gasteiger partial charge in [-0.15, -0.1) is 10.2 Å². The van der Waals surface area contributed by atoms with Crippen molar-refractivity contribution in [1.29, 1.82) is 0 Å². The van der Waals surface area contributed by atoms with Gasteiger partial charge in [0.15, 0.2) is 11.5 Å². The quantitative estimate of drug-likeness (QED) is 0.707. The Morgan fingerprint density at radius 2 is 2.04 bits per heavy atom. The maximum absolute atomic E-state index is 12.3. The van der Waals surface area contributed by atoms with Crippen molar-refractivity contribution in [3.05, 3.63) is 47.2 Å². The zero-order chi connectivity index (χ0) is 18.7. The van der Waals surface area contributed by atoms with E-state index >= 15 is 0 Å². The fraction of sp³-hybridized carbons (Fsp3) is 0.474. The van der Waals surface area contributed by atoms with E-state index < -0.39 is 0 Å². The van der Waals surface area contributed by atoms with Gasteiger partial charge in [-0.3, -0.25) is 13.9 Å². The highest BCUT2D eigenvalue weighted by molar-refractivity contribution is 5.76. The average molecular weight is 354 g/mol. The van der Waals surface area contributed by atoms with Gasteiger partial charge >= 0.3 is 0 Å². The molecule has 0 aliphatic rings. The van der Waals surface area contributed by atoms with Crippen LogP contribution in [0.5, 0.6) is 0 Å². The molecule has 0 spiro atoms. The fourth-order valence-electron chi connectivity index (χ4n) is 3.14. The summed E-state index contributed by atoms with van der Waals surface area (Å²) < 4.78 is 3.93. The summed E-state index contributed by atoms with van der Waals surface area (Å²) in [4.78, 5) is 12.3. The van der Waals surface area contributed by atoms with Crippen molar-refractivity contribution < 1.29 is 4.79 Å². The Morgan fingerprint density at radius 3 is 2.81 bits per heavy atom. The van der Waals surface area contributed by atoms with Crippen LogP contribution in [0.4, 0.5) is 0 Å². The molecule has 0 aliphatic carbocycles. The number of pyridine rings is 1. The van der Waals surface area contributed by atoms with E-state index in [1.165, 1.54) is 5.56 Å². The molecule has 0 atom stereocenters. The second kappa shape index (κ2) is 7.68. The third-order valence-electron chi connectivity index (χ3n) is 4.50. The molecule has 0 bridgehead atoms. The normalized spacial score (nSPS) is 11.4. The topological polar surface area (TPSA) is 77.1 Å². The van der Waals surface area contributed by atoms with Gasteiger partial charge in [0.25, 0.3) is 0 Å². The number of aryl methyl sites for hydroxylation is 1. The molecule has 3 heterocycles. The zero-order valence-corrected chi connectivity index (χ0v) is 15.9. The third-order valence-corrected chi connectivity index (χ3v) is 4.50. The minimum Gasteiger partial charge on any atom is -0.349 e. The number of carbonyl (C=O) groups is 1. The van der Waals surface area contributed by atoms with Gasteiger partial charge in [-0.2, -0.15) is 5.10 Å². The first-order valence-electron chi connectivity index (χ1n) is 9.04. The molecular weight excluding hydrogens is 328 g/mol. The molecule has 3 aromatic rings. The number of nitrogens with one attached hydrogen (secondary N) is 1. The minimum atomic E-state index is 0.00749. The second-order valence-corrected chi connectivity index (χ2v) is 7.05. The lowest BCUT2D eigenvalue weighted by Crippen LogP contribution is -2.24. The van der Waals surface area contributed by atoms with Gasteiger partial charge in [-0.1, -0.05) is 19.9 Å². The van der Waals surface area contributed by atoms with Crippen molar-refractivity contribution in [3.63, 3.8) is 0 Å². The zero-order valence-electron chi connectivity index (χ0n) is 15.9. The van der Waals surface area contributed by atoms with Crippen LogP contribution in [0.15, 0.2) is 24.4 Å². The van der Waals surface area contributed by atoms with Gasteiger partial charge in [0, 0.05) is 24.9 Å². The van der Waals surface area contributed by atoms with E-state index in [0.717, 1.165) is 29.4 Å². The maximum Gasteiger partial charge on any atom is 0.220 e. The Labute approximate surface area is 153 Å². The van der Waals surface area contributed by atoms with Crippen LogP contribution < -0.4 is 5.32 Å². The van der Waals surface area contributed by atoms with E-state index in [0.29, 0.717) is 25.3 Å². The molecular formula is C19H26N6O. The predicted molar refractivity (Wildman–Crippen MR) is 99.7 cm³/mol. The van der Waals surface area contributed by atoms with Crippen molar-refractivity contribution in [1.82, 2.24) is 29.7 Å². The molecule has 0 saturated heterocycles. The van der Waals surface area contributed by atoms with Gasteiger partial charge in [-0.25, -0.2) is 0 Å². The minimum absolute atomic E-state index is 0.00749. The Kier molecular flexibility index (Phi) is 5.35. The first kappa shape index (κ1) is 18.1. The van der Waals surface area contributed by atoms with Gasteiger partial charge in [0.05, 0.1) is 12.2 Å². The standard InChI is InChI=1S/C19H26N6O/c1-13(2)12-25-15(4)16(14(3)23-25)8-9-19(26)20-11-18-22-21-17-7-5-6-10-24(17)18/h5-7,10,13H,8-9,11-12H2,1-4H3,(H,20,26). The monoisotopic (exact) mass is 354 g/mol. The molecule has 7 heteroatoms. The van der Waals surface area contributed by atoms with Crippen LogP contribution in [-0.4, -0.2) is 30.3 Å². The number of carbonyl (C=O) groups excluding carboxylic acids is 1. The summed E-state index contributed by atoms with van der Waals surface area (Å²) in [6.45, 7) is 9.72. The number of hydrogen-bond donors (Lipinski definition) is 1. The summed E-state index contributed by atoms with van der Waals surface area (Å²) >= 11 is 0. The van der Waals surface area contributed by atoms with Gasteiger partial charge in [-0.05, 0) is 43.9 Å². The Balaban J connectivity index is 1.57. The number of hydrogen-bond acceptors (Lipinski definition) is 4. The molecule has 0 aliphatic heterocycles. The third kappa shape index (κ3) is 3.92. The summed E-state index contributed by atoms with van der Waals surface area (Å²) in [7, 11) is 0. The highest BCUT2D eigenvalue weighted by atomic mass is 16.1. The Hall–Kier alpha value is -2.70. The molecule has 0 saturated carbocycles. The van der Waals surface area contributed by atoms with Gasteiger partial charge < -0.3 is 5.32 Å². The Morgan fingerprint density at radius 1 is 1.23 bits per heavy atom. The van der Waals surface area contributed by atoms with Crippen LogP contribution in [0, 0.1) is 19.8 Å². The number of nitrogens with zero attached hydrogens (tertiary/aromatic N) is 5. The van der Waals surface area contributed by atoms with E-state index in [1.807, 2.05) is 35.7 Å². The van der Waals surface area contributed by atoms with Crippen molar-refractivity contribution >= 4 is 11.6 Å². The molecule has 0 fully saturated rings. The molecule has 26 heavy (non-hydrogen) atoms. The fourth-order valence-corrected chi connectivity index (χ4v) is 3.14. The smallest absolute Gasteiger partial charge is 0.220 e. The van der Waals surface area contributed by atoms with Gasteiger partial charge in [0.1, 0.15) is 0 Å². The molecule has 1 N–H and O–H groups in total. The van der Waals surface area contributed by atoms with E-state index in [2.05, 4.69) is 46.1 Å². The van der Waals surface area contributed by atoms with Crippen molar-refractivity contribution in [2.75, 3.05) is 0 Å². The number of aromatic nitrogens is 5. The molecule has 0 unspecified atom stereocenters. The van der Waals surface area contributed by atoms with E-state index in [-0.39, 0.29) is 5.91 Å². The van der Waals surface area contributed by atoms with Gasteiger partial charge in [0.2, 0.25) is 5.91 Å². The van der Waals surface area contributed by atoms with Crippen LogP contribution in [0.25, 0.3) is 5.65 Å². The van der Waals surface area contributed by atoms with Crippen molar-refractivity contribution in [2.24, 2.45) is 5.92 Å². The van der Waals surface area contributed by atoms with Crippen LogP contribution in [0.3, 0.4) is 0 Å². The largest absolute Gasteiger partial charge is 0.349 e. The summed E-state index contributed by atoms with van der Waals surface area (Å²) in [5.41, 5.74) is 4.13. The molecule has 3 rings (SSSR count). The van der Waals surface area contributed by atoms with E-state index in [4.69, 9.17) is 0 Å². The lowest BCUT2D eigenvalue weighted by atomic mass is 10.1. The highest BCUT2D eigenvalue weighted by Crippen LogP contribution is 2.16. The Bertz CT molecular complexity index is 908. The van der Waals surface area contributed by atoms with Crippen LogP contribution in [-0.2, 0) is 24.3 Å². The molecule has 3 aromatic heterocycles. The van der Waals surface area contributed by atoms with E-state index in [9.17, 15) is 4.79 Å². The van der Waals surface area contributed by atoms with Crippen LogP contribution in [0.1, 0.15) is 43.0 Å². The molecule has 1 amide bonds. The lowest BCUT2D eigenvalue weighted by molar-refractivity contribution is -0.121. The second-order valence-electron chi connectivity index (χ2n) is 7.05. The highest BCUT2D eigenvalue weighted by Gasteiger charge is 2.14. The molecule has 0 aromatic carbocycles. The van der Waals surface area contributed by atoms with E-state index in [1.54, 1.807) is 0 Å². The first-order chi connectivity index (χ1) is 12.5. The number of amides is 1. The summed E-state index contributed by atoms with van der Waals surface area (Å²) in [6.07, 6.45) is 3.03. The summed E-state index contributed by atoms with van der Waals surface area (Å²) in [5.74, 6) is 1.28. The SMILES string of the molecule is Cc1nn(CC(C)C)c(C)c1CCC(=O)NCc1nnc2ccccn12. The molecule has 138 valence electrons. The maximum atomic E-state index is 12.3. The molecule has 7 nitrogen and oxygen atoms in total. The predicted octanol–water partition coefficient (Wildman–Crippen LogP) is 2.45. The first-order valence-corrected chi connectivity index (χ1v) is 9.04. The van der Waals surface area contributed by atoms with Crippen molar-refractivity contribution in [2.45, 2.75) is 53.6 Å².